The quantitative estimate of drug-likeness (QED) is 0.436. The third-order valence-electron chi connectivity index (χ3n) is 4.67. The Bertz CT molecular complexity index is 650. The average Bonchev–Trinajstić information content (AvgIpc) is 2.57. The van der Waals surface area contributed by atoms with Gasteiger partial charge in [0.05, 0.1) is 12.0 Å². The monoisotopic (exact) mass is 368 g/mol. The second kappa shape index (κ2) is 12.3. The molecule has 1 atom stereocenters. The minimum atomic E-state index is -1.00. The zero-order valence-electron chi connectivity index (χ0n) is 15.7. The van der Waals surface area contributed by atoms with Crippen molar-refractivity contribution < 1.29 is 15.0 Å². The van der Waals surface area contributed by atoms with E-state index in [4.69, 9.17) is 0 Å². The summed E-state index contributed by atoms with van der Waals surface area (Å²) in [5.41, 5.74) is -1.49. The summed E-state index contributed by atoms with van der Waals surface area (Å²) in [4.78, 5) is 36.3. The maximum Gasteiger partial charge on any atom is 0.331 e. The number of nitrogens with one attached hydrogen (secondary N) is 1. The molecule has 0 spiro atoms. The number of rotatable bonds is 14. The molecule has 0 aliphatic rings. The second-order valence-corrected chi connectivity index (χ2v) is 6.91. The predicted octanol–water partition coefficient (Wildman–Crippen LogP) is 3.25. The molecule has 0 saturated carbocycles. The number of aromatic amines is 1. The number of aliphatic carboxylic acids is 1. The fourth-order valence-electron chi connectivity index (χ4n) is 3.08. The maximum absolute atomic E-state index is 11.7. The Hall–Kier alpha value is -2.05. The number of nitrogens with zero attached hydrogens (tertiary/aromatic N) is 1. The van der Waals surface area contributed by atoms with Gasteiger partial charge in [-0.1, -0.05) is 71.1 Å². The molecule has 7 nitrogen and oxygen atoms in total. The molecule has 0 bridgehead atoms. The maximum atomic E-state index is 11.7. The summed E-state index contributed by atoms with van der Waals surface area (Å²) in [6.45, 7) is 2.06. The van der Waals surface area contributed by atoms with E-state index in [1.54, 1.807) is 0 Å². The normalized spacial score (nSPS) is 12.2. The summed E-state index contributed by atoms with van der Waals surface area (Å²) in [6.07, 6.45) is 12.1. The van der Waals surface area contributed by atoms with Gasteiger partial charge in [-0.2, -0.15) is 0 Å². The molecule has 0 amide bonds. The van der Waals surface area contributed by atoms with Crippen LogP contribution in [0.5, 0.6) is 5.88 Å². The smallest absolute Gasteiger partial charge is 0.331 e. The van der Waals surface area contributed by atoms with E-state index in [9.17, 15) is 24.6 Å². The Morgan fingerprint density at radius 1 is 1.04 bits per heavy atom. The third-order valence-corrected chi connectivity index (χ3v) is 4.67. The van der Waals surface area contributed by atoms with Crippen LogP contribution in [0.2, 0.25) is 0 Å². The van der Waals surface area contributed by atoms with Crippen molar-refractivity contribution in [2.45, 2.75) is 84.1 Å². The van der Waals surface area contributed by atoms with E-state index in [1.165, 1.54) is 44.9 Å². The minimum Gasteiger partial charge on any atom is -0.494 e. The number of hydrogen-bond acceptors (Lipinski definition) is 4. The van der Waals surface area contributed by atoms with E-state index in [1.807, 2.05) is 4.98 Å². The van der Waals surface area contributed by atoms with E-state index in [0.29, 0.717) is 6.42 Å². The highest BCUT2D eigenvalue weighted by molar-refractivity contribution is 5.69. The van der Waals surface area contributed by atoms with E-state index >= 15 is 0 Å². The van der Waals surface area contributed by atoms with Crippen molar-refractivity contribution in [3.05, 3.63) is 26.9 Å². The number of unbranched alkanes of at least 4 members (excludes halogenated alkanes) is 9. The summed E-state index contributed by atoms with van der Waals surface area (Å²) in [5.74, 6) is -2.27. The van der Waals surface area contributed by atoms with Crippen LogP contribution in [-0.2, 0) is 11.3 Å². The Morgan fingerprint density at radius 3 is 2.08 bits per heavy atom. The molecule has 148 valence electrons. The van der Waals surface area contributed by atoms with Gasteiger partial charge in [-0.3, -0.25) is 19.1 Å². The van der Waals surface area contributed by atoms with Gasteiger partial charge in [0, 0.05) is 6.54 Å². The van der Waals surface area contributed by atoms with E-state index in [2.05, 4.69) is 6.92 Å². The van der Waals surface area contributed by atoms with Crippen molar-refractivity contribution in [1.29, 1.82) is 0 Å². The summed E-state index contributed by atoms with van der Waals surface area (Å²) >= 11 is 0. The van der Waals surface area contributed by atoms with Crippen molar-refractivity contribution in [3.8, 4) is 5.88 Å². The van der Waals surface area contributed by atoms with Crippen LogP contribution in [0.3, 0.4) is 0 Å². The standard InChI is InChI=1S/C19H32N2O5/c1-2-3-4-5-6-7-8-9-10-11-12-15(18(24)25)14-21-17(23)13-16(22)20-19(21)26/h13,15,23H,2-12,14H2,1H3,(H,24,25)(H,20,22,26). The van der Waals surface area contributed by atoms with Crippen molar-refractivity contribution in [1.82, 2.24) is 9.55 Å². The second-order valence-electron chi connectivity index (χ2n) is 6.91. The van der Waals surface area contributed by atoms with Crippen molar-refractivity contribution in [3.63, 3.8) is 0 Å². The summed E-state index contributed by atoms with van der Waals surface area (Å²) in [7, 11) is 0. The molecule has 0 saturated heterocycles. The van der Waals surface area contributed by atoms with Gasteiger partial charge in [0.25, 0.3) is 5.56 Å². The van der Waals surface area contributed by atoms with Gasteiger partial charge in [0.2, 0.25) is 5.88 Å². The fraction of sp³-hybridized carbons (Fsp3) is 0.737. The lowest BCUT2D eigenvalue weighted by atomic mass is 9.99. The molecular formula is C19H32N2O5. The molecule has 1 unspecified atom stereocenters. The van der Waals surface area contributed by atoms with Crippen LogP contribution >= 0.6 is 0 Å². The molecule has 0 aromatic carbocycles. The van der Waals surface area contributed by atoms with Crippen LogP contribution in [0, 0.1) is 5.92 Å². The van der Waals surface area contributed by atoms with Gasteiger partial charge in [-0.15, -0.1) is 0 Å². The summed E-state index contributed by atoms with van der Waals surface area (Å²) in [5, 5.41) is 19.0. The van der Waals surface area contributed by atoms with Crippen LogP contribution in [0.4, 0.5) is 0 Å². The Kier molecular flexibility index (Phi) is 10.4. The first-order valence-electron chi connectivity index (χ1n) is 9.71. The average molecular weight is 368 g/mol. The van der Waals surface area contributed by atoms with Gasteiger partial charge < -0.3 is 10.2 Å². The molecule has 1 aromatic heterocycles. The lowest BCUT2D eigenvalue weighted by Crippen LogP contribution is -2.33. The molecule has 0 aliphatic heterocycles. The first-order chi connectivity index (χ1) is 12.5. The number of hydrogen-bond donors (Lipinski definition) is 3. The van der Waals surface area contributed by atoms with Gasteiger partial charge in [0.15, 0.2) is 0 Å². The molecule has 7 heteroatoms. The molecule has 1 rings (SSSR count). The van der Waals surface area contributed by atoms with Crippen LogP contribution < -0.4 is 11.2 Å². The Morgan fingerprint density at radius 2 is 1.58 bits per heavy atom. The van der Waals surface area contributed by atoms with E-state index in [0.717, 1.165) is 29.9 Å². The van der Waals surface area contributed by atoms with Gasteiger partial charge in [-0.25, -0.2) is 4.79 Å². The SMILES string of the molecule is CCCCCCCCCCCCC(Cn1c(O)cc(=O)[nH]c1=O)C(=O)O. The number of carboxylic acids is 1. The topological polar surface area (TPSA) is 112 Å². The van der Waals surface area contributed by atoms with Crippen molar-refractivity contribution >= 4 is 5.97 Å². The summed E-state index contributed by atoms with van der Waals surface area (Å²) < 4.78 is 0.899. The zero-order chi connectivity index (χ0) is 19.4. The number of carboxylic acid groups (broad SMARTS) is 1. The molecule has 3 N–H and O–H groups in total. The lowest BCUT2D eigenvalue weighted by Gasteiger charge is -2.14. The molecule has 0 fully saturated rings. The van der Waals surface area contributed by atoms with E-state index < -0.39 is 29.0 Å². The van der Waals surface area contributed by atoms with Crippen LogP contribution in [0.1, 0.15) is 77.6 Å². The number of aromatic hydroxyl groups is 1. The molecule has 1 heterocycles. The Balaban J connectivity index is 2.31. The molecule has 0 radical (unpaired) electrons. The van der Waals surface area contributed by atoms with Crippen molar-refractivity contribution in [2.75, 3.05) is 0 Å². The highest BCUT2D eigenvalue weighted by Crippen LogP contribution is 2.16. The van der Waals surface area contributed by atoms with Crippen molar-refractivity contribution in [2.24, 2.45) is 5.92 Å². The van der Waals surface area contributed by atoms with Crippen LogP contribution in [0.15, 0.2) is 15.7 Å². The van der Waals surface area contributed by atoms with Gasteiger partial charge in [0.1, 0.15) is 0 Å². The van der Waals surface area contributed by atoms with Gasteiger partial charge >= 0.3 is 11.7 Å². The molecule has 26 heavy (non-hydrogen) atoms. The lowest BCUT2D eigenvalue weighted by molar-refractivity contribution is -0.142. The number of H-pyrrole nitrogens is 1. The fourth-order valence-corrected chi connectivity index (χ4v) is 3.08. The first kappa shape index (κ1) is 22.0. The van der Waals surface area contributed by atoms with Crippen LogP contribution in [-0.4, -0.2) is 25.7 Å². The largest absolute Gasteiger partial charge is 0.494 e. The van der Waals surface area contributed by atoms with Crippen LogP contribution in [0.25, 0.3) is 0 Å². The molecule has 0 aliphatic carbocycles. The number of aromatic nitrogens is 2. The zero-order valence-corrected chi connectivity index (χ0v) is 15.7. The van der Waals surface area contributed by atoms with Gasteiger partial charge in [-0.05, 0) is 6.42 Å². The first-order valence-corrected chi connectivity index (χ1v) is 9.71. The molecule has 1 aromatic rings. The molecular weight excluding hydrogens is 336 g/mol. The highest BCUT2D eigenvalue weighted by atomic mass is 16.4. The predicted molar refractivity (Wildman–Crippen MR) is 101 cm³/mol. The van der Waals surface area contributed by atoms with E-state index in [-0.39, 0.29) is 6.54 Å². The minimum absolute atomic E-state index is 0.145. The number of carbonyl (C=O) groups is 1. The summed E-state index contributed by atoms with van der Waals surface area (Å²) in [6, 6.07) is 0.876. The third kappa shape index (κ3) is 8.36. The Labute approximate surface area is 154 Å². The highest BCUT2D eigenvalue weighted by Gasteiger charge is 2.20.